The zero-order valence-electron chi connectivity index (χ0n) is 11.8. The third-order valence-corrected chi connectivity index (χ3v) is 3.84. The van der Waals surface area contributed by atoms with E-state index in [4.69, 9.17) is 9.47 Å². The van der Waals surface area contributed by atoms with Crippen molar-refractivity contribution in [1.82, 2.24) is 0 Å². The van der Waals surface area contributed by atoms with Crippen molar-refractivity contribution >= 4 is 0 Å². The van der Waals surface area contributed by atoms with Crippen molar-refractivity contribution in [3.63, 3.8) is 0 Å². The van der Waals surface area contributed by atoms with Gasteiger partial charge >= 0.3 is 12.4 Å². The van der Waals surface area contributed by atoms with Gasteiger partial charge in [-0.1, -0.05) is 19.1 Å². The minimum atomic E-state index is -4.65. The molecule has 1 aromatic carbocycles. The number of methoxy groups -OCH3 is 1. The van der Waals surface area contributed by atoms with Gasteiger partial charge in [-0.05, 0) is 6.07 Å². The van der Waals surface area contributed by atoms with Crippen LogP contribution in [0.25, 0.3) is 0 Å². The predicted octanol–water partition coefficient (Wildman–Crippen LogP) is 4.39. The SMILES string of the molecule is COc1c(C2COC(C(F)(F)F)C2C)cccc1C(F)(F)F. The van der Waals surface area contributed by atoms with Crippen LogP contribution < -0.4 is 4.74 Å². The summed E-state index contributed by atoms with van der Waals surface area (Å²) in [6, 6.07) is 3.34. The lowest BCUT2D eigenvalue weighted by molar-refractivity contribution is -0.215. The molecule has 0 N–H and O–H groups in total. The second-order valence-electron chi connectivity index (χ2n) is 5.19. The zero-order chi connectivity index (χ0) is 16.7. The van der Waals surface area contributed by atoms with Crippen LogP contribution in [0, 0.1) is 5.92 Å². The fourth-order valence-corrected chi connectivity index (χ4v) is 2.79. The second-order valence-corrected chi connectivity index (χ2v) is 5.19. The van der Waals surface area contributed by atoms with E-state index in [1.807, 2.05) is 0 Å². The van der Waals surface area contributed by atoms with E-state index in [1.165, 1.54) is 13.0 Å². The largest absolute Gasteiger partial charge is 0.496 e. The molecule has 0 bridgehead atoms. The Balaban J connectivity index is 2.42. The fourth-order valence-electron chi connectivity index (χ4n) is 2.79. The van der Waals surface area contributed by atoms with Crippen molar-refractivity contribution in [2.75, 3.05) is 13.7 Å². The summed E-state index contributed by atoms with van der Waals surface area (Å²) in [5.74, 6) is -2.26. The average Bonchev–Trinajstić information content (AvgIpc) is 2.78. The van der Waals surface area contributed by atoms with Crippen molar-refractivity contribution in [1.29, 1.82) is 0 Å². The van der Waals surface area contributed by atoms with E-state index >= 15 is 0 Å². The Labute approximate surface area is 123 Å². The molecule has 0 radical (unpaired) electrons. The molecule has 0 aromatic heterocycles. The van der Waals surface area contributed by atoms with Crippen LogP contribution in [0.2, 0.25) is 0 Å². The summed E-state index contributed by atoms with van der Waals surface area (Å²) in [5.41, 5.74) is -0.924. The highest BCUT2D eigenvalue weighted by Gasteiger charge is 2.51. The molecule has 8 heteroatoms. The smallest absolute Gasteiger partial charge is 0.419 e. The lowest BCUT2D eigenvalue weighted by atomic mass is 9.85. The van der Waals surface area contributed by atoms with Crippen LogP contribution in [-0.2, 0) is 10.9 Å². The van der Waals surface area contributed by atoms with Crippen molar-refractivity contribution < 1.29 is 35.8 Å². The van der Waals surface area contributed by atoms with Crippen LogP contribution in [0.3, 0.4) is 0 Å². The normalized spacial score (nSPS) is 26.3. The molecule has 0 spiro atoms. The number of hydrogen-bond donors (Lipinski definition) is 0. The molecule has 3 atom stereocenters. The van der Waals surface area contributed by atoms with Crippen LogP contribution in [0.4, 0.5) is 26.3 Å². The molecule has 2 nitrogen and oxygen atoms in total. The Kier molecular flexibility index (Phi) is 4.34. The van der Waals surface area contributed by atoms with E-state index in [9.17, 15) is 26.3 Å². The molecule has 2 rings (SSSR count). The van der Waals surface area contributed by atoms with Gasteiger partial charge in [-0.15, -0.1) is 0 Å². The predicted molar refractivity (Wildman–Crippen MR) is 65.7 cm³/mol. The Morgan fingerprint density at radius 2 is 1.77 bits per heavy atom. The van der Waals surface area contributed by atoms with Crippen LogP contribution in [0.5, 0.6) is 5.75 Å². The molecule has 1 aromatic rings. The van der Waals surface area contributed by atoms with Gasteiger partial charge in [0.25, 0.3) is 0 Å². The van der Waals surface area contributed by atoms with Gasteiger partial charge < -0.3 is 9.47 Å². The molecule has 22 heavy (non-hydrogen) atoms. The molecule has 1 heterocycles. The number of rotatable bonds is 2. The van der Waals surface area contributed by atoms with Crippen molar-refractivity contribution in [3.05, 3.63) is 29.3 Å². The molecule has 1 aliphatic heterocycles. The average molecular weight is 328 g/mol. The number of alkyl halides is 6. The maximum Gasteiger partial charge on any atom is 0.419 e. The van der Waals surface area contributed by atoms with Gasteiger partial charge in [-0.3, -0.25) is 0 Å². The highest BCUT2D eigenvalue weighted by Crippen LogP contribution is 2.47. The topological polar surface area (TPSA) is 18.5 Å². The molecular weight excluding hydrogens is 314 g/mol. The zero-order valence-corrected chi connectivity index (χ0v) is 11.8. The van der Waals surface area contributed by atoms with Gasteiger partial charge in [0.15, 0.2) is 6.10 Å². The van der Waals surface area contributed by atoms with Gasteiger partial charge in [0.05, 0.1) is 19.3 Å². The van der Waals surface area contributed by atoms with E-state index in [1.54, 1.807) is 0 Å². The summed E-state index contributed by atoms with van der Waals surface area (Å²) >= 11 is 0. The first-order valence-electron chi connectivity index (χ1n) is 6.49. The standard InChI is InChI=1S/C14H14F6O2/c1-7-9(6-22-12(7)14(18,19)20)8-4-3-5-10(11(8)21-2)13(15,16)17/h3-5,7,9,12H,6H2,1-2H3. The van der Waals surface area contributed by atoms with Crippen molar-refractivity contribution in [2.24, 2.45) is 5.92 Å². The first kappa shape index (κ1) is 16.9. The Bertz CT molecular complexity index is 537. The van der Waals surface area contributed by atoms with Gasteiger partial charge in [0, 0.05) is 17.4 Å². The molecular formula is C14H14F6O2. The maximum atomic E-state index is 13.0. The quantitative estimate of drug-likeness (QED) is 0.750. The summed E-state index contributed by atoms with van der Waals surface area (Å²) in [5, 5.41) is 0. The summed E-state index contributed by atoms with van der Waals surface area (Å²) in [7, 11) is 1.07. The molecule has 0 aliphatic carbocycles. The maximum absolute atomic E-state index is 13.0. The van der Waals surface area contributed by atoms with E-state index < -0.39 is 41.6 Å². The second kappa shape index (κ2) is 5.64. The third-order valence-electron chi connectivity index (χ3n) is 3.84. The minimum absolute atomic E-state index is 0.0802. The van der Waals surface area contributed by atoms with E-state index in [-0.39, 0.29) is 12.2 Å². The first-order valence-corrected chi connectivity index (χ1v) is 6.49. The molecule has 124 valence electrons. The Hall–Kier alpha value is -1.44. The summed E-state index contributed by atoms with van der Waals surface area (Å²) in [6.45, 7) is 1.01. The Morgan fingerprint density at radius 1 is 1.14 bits per heavy atom. The lowest BCUT2D eigenvalue weighted by Gasteiger charge is -2.23. The van der Waals surface area contributed by atoms with Crippen LogP contribution in [0.1, 0.15) is 24.0 Å². The summed E-state index contributed by atoms with van der Waals surface area (Å²) in [6.07, 6.45) is -11.2. The monoisotopic (exact) mass is 328 g/mol. The van der Waals surface area contributed by atoms with Crippen LogP contribution >= 0.6 is 0 Å². The molecule has 3 unspecified atom stereocenters. The number of hydrogen-bond acceptors (Lipinski definition) is 2. The first-order chi connectivity index (χ1) is 10.1. The van der Waals surface area contributed by atoms with Gasteiger partial charge in [0.2, 0.25) is 0 Å². The van der Waals surface area contributed by atoms with E-state index in [2.05, 4.69) is 0 Å². The fraction of sp³-hybridized carbons (Fsp3) is 0.571. The lowest BCUT2D eigenvalue weighted by Crippen LogP contribution is -2.33. The third kappa shape index (κ3) is 3.02. The number of benzene rings is 1. The number of para-hydroxylation sites is 1. The minimum Gasteiger partial charge on any atom is -0.496 e. The molecule has 1 fully saturated rings. The molecule has 1 saturated heterocycles. The van der Waals surface area contributed by atoms with Gasteiger partial charge in [-0.2, -0.15) is 26.3 Å². The summed E-state index contributed by atoms with van der Waals surface area (Å²) in [4.78, 5) is 0. The van der Waals surface area contributed by atoms with Crippen LogP contribution in [0.15, 0.2) is 18.2 Å². The van der Waals surface area contributed by atoms with E-state index in [0.29, 0.717) is 0 Å². The number of halogens is 6. The van der Waals surface area contributed by atoms with Gasteiger partial charge in [-0.25, -0.2) is 0 Å². The summed E-state index contributed by atoms with van der Waals surface area (Å²) < 4.78 is 87.0. The number of ether oxygens (including phenoxy) is 2. The highest BCUT2D eigenvalue weighted by molar-refractivity contribution is 5.46. The van der Waals surface area contributed by atoms with Crippen molar-refractivity contribution in [3.8, 4) is 5.75 Å². The highest BCUT2D eigenvalue weighted by atomic mass is 19.4. The van der Waals surface area contributed by atoms with Crippen LogP contribution in [-0.4, -0.2) is 26.0 Å². The molecule has 1 aliphatic rings. The van der Waals surface area contributed by atoms with Gasteiger partial charge in [0.1, 0.15) is 5.75 Å². The molecule has 0 amide bonds. The van der Waals surface area contributed by atoms with E-state index in [0.717, 1.165) is 19.2 Å². The molecule has 0 saturated carbocycles. The van der Waals surface area contributed by atoms with Crippen molar-refractivity contribution in [2.45, 2.75) is 31.3 Å². The Morgan fingerprint density at radius 3 is 2.23 bits per heavy atom.